The minimum absolute atomic E-state index is 0.184. The van der Waals surface area contributed by atoms with E-state index in [1.54, 1.807) is 26.7 Å². The van der Waals surface area contributed by atoms with Crippen LogP contribution in [0.4, 0.5) is 18.0 Å². The predicted octanol–water partition coefficient (Wildman–Crippen LogP) is 3.89. The van der Waals surface area contributed by atoms with Crippen molar-refractivity contribution >= 4 is 6.09 Å². The molecule has 0 aliphatic carbocycles. The highest BCUT2D eigenvalue weighted by atomic mass is 19.3. The molecule has 0 bridgehead atoms. The Hall–Kier alpha value is -2.20. The maximum atomic E-state index is 14.6. The van der Waals surface area contributed by atoms with Crippen LogP contribution in [0.15, 0.2) is 18.2 Å². The summed E-state index contributed by atoms with van der Waals surface area (Å²) in [5, 5.41) is 12.1. The minimum Gasteiger partial charge on any atom is -0.444 e. The fraction of sp³-hybridized carbons (Fsp3) is 0.500. The Morgan fingerprint density at radius 1 is 1.32 bits per heavy atom. The second kappa shape index (κ2) is 6.96. The number of alkyl carbamates (subject to hydrolysis) is 1. The molecule has 0 unspecified atom stereocenters. The number of alkyl halides is 2. The van der Waals surface area contributed by atoms with Crippen molar-refractivity contribution in [3.05, 3.63) is 35.1 Å². The number of amides is 1. The van der Waals surface area contributed by atoms with Crippen LogP contribution in [-0.4, -0.2) is 22.4 Å². The van der Waals surface area contributed by atoms with Gasteiger partial charge in [-0.1, -0.05) is 18.1 Å². The Morgan fingerprint density at radius 2 is 1.88 bits per heavy atom. The van der Waals surface area contributed by atoms with Crippen LogP contribution in [0.1, 0.15) is 51.8 Å². The van der Waals surface area contributed by atoms with Gasteiger partial charge in [-0.2, -0.15) is 8.78 Å². The summed E-state index contributed by atoms with van der Waals surface area (Å²) in [6.45, 7) is 7.10. The van der Waals surface area contributed by atoms with Gasteiger partial charge >= 0.3 is 12.0 Å². The van der Waals surface area contributed by atoms with Crippen LogP contribution in [0.2, 0.25) is 0 Å². The quantitative estimate of drug-likeness (QED) is 0.804. The zero-order valence-corrected chi connectivity index (χ0v) is 14.8. The number of halogens is 3. The van der Waals surface area contributed by atoms with Gasteiger partial charge in [-0.3, -0.25) is 0 Å². The van der Waals surface area contributed by atoms with E-state index in [2.05, 4.69) is 5.32 Å². The molecule has 25 heavy (non-hydrogen) atoms. The summed E-state index contributed by atoms with van der Waals surface area (Å²) < 4.78 is 48.4. The van der Waals surface area contributed by atoms with Crippen LogP contribution < -0.4 is 5.32 Å². The third-order valence-electron chi connectivity index (χ3n) is 3.46. The fourth-order valence-electron chi connectivity index (χ4n) is 2.04. The summed E-state index contributed by atoms with van der Waals surface area (Å²) in [4.78, 5) is 11.8. The number of benzene rings is 1. The van der Waals surface area contributed by atoms with Crippen molar-refractivity contribution in [3.63, 3.8) is 0 Å². The lowest BCUT2D eigenvalue weighted by atomic mass is 9.90. The first-order valence-corrected chi connectivity index (χ1v) is 7.59. The number of terminal acetylenes is 1. The maximum absolute atomic E-state index is 14.6. The van der Waals surface area contributed by atoms with Crippen molar-refractivity contribution in [1.29, 1.82) is 0 Å². The lowest BCUT2D eigenvalue weighted by Crippen LogP contribution is -2.42. The number of ether oxygens (including phenoxy) is 1. The van der Waals surface area contributed by atoms with E-state index < -0.39 is 40.6 Å². The van der Waals surface area contributed by atoms with E-state index in [0.29, 0.717) is 0 Å². The van der Waals surface area contributed by atoms with Crippen molar-refractivity contribution in [2.45, 2.75) is 57.8 Å². The Labute approximate surface area is 145 Å². The van der Waals surface area contributed by atoms with Gasteiger partial charge in [-0.25, -0.2) is 9.18 Å². The summed E-state index contributed by atoms with van der Waals surface area (Å²) in [5.41, 5.74) is -4.86. The molecule has 0 heterocycles. The van der Waals surface area contributed by atoms with Crippen molar-refractivity contribution in [3.8, 4) is 12.3 Å². The molecule has 1 amide bonds. The topological polar surface area (TPSA) is 58.6 Å². The van der Waals surface area contributed by atoms with Gasteiger partial charge in [0.15, 0.2) is 5.60 Å². The lowest BCUT2D eigenvalue weighted by molar-refractivity contribution is -0.148. The number of carbonyl (C=O) groups is 1. The number of hydrogen-bond donors (Lipinski definition) is 2. The van der Waals surface area contributed by atoms with Gasteiger partial charge in [0, 0.05) is 5.56 Å². The second-order valence-electron chi connectivity index (χ2n) is 6.87. The highest BCUT2D eigenvalue weighted by Gasteiger charge is 2.51. The van der Waals surface area contributed by atoms with Gasteiger partial charge in [0.05, 0.1) is 11.6 Å². The highest BCUT2D eigenvalue weighted by molar-refractivity contribution is 5.68. The Kier molecular flexibility index (Phi) is 5.81. The number of rotatable bonds is 4. The van der Waals surface area contributed by atoms with Gasteiger partial charge in [0.1, 0.15) is 11.4 Å². The molecule has 0 saturated heterocycles. The third-order valence-corrected chi connectivity index (χ3v) is 3.46. The fourth-order valence-corrected chi connectivity index (χ4v) is 2.04. The van der Waals surface area contributed by atoms with E-state index in [1.165, 1.54) is 19.1 Å². The van der Waals surface area contributed by atoms with Gasteiger partial charge < -0.3 is 15.2 Å². The van der Waals surface area contributed by atoms with Crippen LogP contribution >= 0.6 is 0 Å². The molecule has 0 spiro atoms. The summed E-state index contributed by atoms with van der Waals surface area (Å²) in [6.07, 6.45) is 4.11. The summed E-state index contributed by atoms with van der Waals surface area (Å²) >= 11 is 0. The number of hydrogen-bond acceptors (Lipinski definition) is 3. The molecule has 0 radical (unpaired) electrons. The first-order chi connectivity index (χ1) is 11.2. The van der Waals surface area contributed by atoms with E-state index >= 15 is 0 Å². The maximum Gasteiger partial charge on any atom is 0.408 e. The van der Waals surface area contributed by atoms with Gasteiger partial charge in [0.2, 0.25) is 0 Å². The molecular weight excluding hydrogens is 335 g/mol. The Morgan fingerprint density at radius 3 is 2.36 bits per heavy atom. The normalized spacial score (nSPS) is 15.7. The van der Waals surface area contributed by atoms with Gasteiger partial charge in [-0.15, -0.1) is 6.42 Å². The van der Waals surface area contributed by atoms with Gasteiger partial charge in [0.25, 0.3) is 0 Å². The molecule has 0 saturated carbocycles. The summed E-state index contributed by atoms with van der Waals surface area (Å²) in [5.74, 6) is -3.72. The molecule has 0 aliphatic rings. The molecule has 1 aromatic carbocycles. The van der Waals surface area contributed by atoms with E-state index in [9.17, 15) is 23.1 Å². The van der Waals surface area contributed by atoms with Crippen molar-refractivity contribution in [1.82, 2.24) is 5.32 Å². The zero-order chi connectivity index (χ0) is 19.6. The molecule has 0 fully saturated rings. The minimum atomic E-state index is -4.02. The average molecular weight is 357 g/mol. The lowest BCUT2D eigenvalue weighted by Gasteiger charge is -2.29. The molecule has 2 N–H and O–H groups in total. The van der Waals surface area contributed by atoms with Crippen molar-refractivity contribution < 1.29 is 27.8 Å². The molecule has 7 heteroatoms. The number of nitrogens with one attached hydrogen (secondary N) is 1. The summed E-state index contributed by atoms with van der Waals surface area (Å²) in [7, 11) is 0. The second-order valence-corrected chi connectivity index (χ2v) is 6.87. The smallest absolute Gasteiger partial charge is 0.408 e. The van der Waals surface area contributed by atoms with Crippen LogP contribution in [-0.2, 0) is 10.7 Å². The molecule has 0 aliphatic heterocycles. The molecule has 0 aromatic heterocycles. The Bertz CT molecular complexity index is 688. The standard InChI is InChI=1S/C18H22F3NO3/c1-7-17(6,24)18(20,21)13-10-8-9-12(14(13)19)11(2)22-15(23)25-16(3,4)5/h1,8-11,24H,2-6H3,(H,22,23)/t11-,17-/m1/s1. The van der Waals surface area contributed by atoms with Crippen LogP contribution in [0.5, 0.6) is 0 Å². The summed E-state index contributed by atoms with van der Waals surface area (Å²) in [6, 6.07) is 2.34. The van der Waals surface area contributed by atoms with Crippen LogP contribution in [0.3, 0.4) is 0 Å². The molecule has 1 rings (SSSR count). The first kappa shape index (κ1) is 20.8. The molecule has 4 nitrogen and oxygen atoms in total. The number of carbonyl (C=O) groups excluding carboxylic acids is 1. The van der Waals surface area contributed by atoms with Crippen molar-refractivity contribution in [2.24, 2.45) is 0 Å². The monoisotopic (exact) mass is 357 g/mol. The van der Waals surface area contributed by atoms with E-state index in [1.807, 2.05) is 0 Å². The van der Waals surface area contributed by atoms with Crippen molar-refractivity contribution in [2.75, 3.05) is 0 Å². The molecule has 138 valence electrons. The van der Waals surface area contributed by atoms with Crippen LogP contribution in [0.25, 0.3) is 0 Å². The Balaban J connectivity index is 3.17. The zero-order valence-electron chi connectivity index (χ0n) is 14.8. The van der Waals surface area contributed by atoms with Gasteiger partial charge in [-0.05, 0) is 40.7 Å². The first-order valence-electron chi connectivity index (χ1n) is 7.59. The molecular formula is C18H22F3NO3. The predicted molar refractivity (Wildman–Crippen MR) is 87.5 cm³/mol. The van der Waals surface area contributed by atoms with E-state index in [4.69, 9.17) is 11.2 Å². The molecule has 1 aromatic rings. The molecule has 2 atom stereocenters. The largest absolute Gasteiger partial charge is 0.444 e. The third kappa shape index (κ3) is 4.67. The van der Waals surface area contributed by atoms with Crippen LogP contribution in [0, 0.1) is 18.2 Å². The highest BCUT2D eigenvalue weighted by Crippen LogP contribution is 2.41. The van der Waals surface area contributed by atoms with E-state index in [-0.39, 0.29) is 5.56 Å². The number of aliphatic hydroxyl groups is 1. The van der Waals surface area contributed by atoms with E-state index in [0.717, 1.165) is 13.0 Å². The average Bonchev–Trinajstić information content (AvgIpc) is 2.44. The SMILES string of the molecule is C#C[C@@](C)(O)C(F)(F)c1cccc([C@@H](C)NC(=O)OC(C)(C)C)c1F.